The highest BCUT2D eigenvalue weighted by Crippen LogP contribution is 2.34. The monoisotopic (exact) mass is 496 g/mol. The Balaban J connectivity index is 1.68. The van der Waals surface area contributed by atoms with Crippen molar-refractivity contribution in [1.29, 1.82) is 0 Å². The summed E-state index contributed by atoms with van der Waals surface area (Å²) in [6.07, 6.45) is -0.160. The van der Waals surface area contributed by atoms with Crippen molar-refractivity contribution in [2.24, 2.45) is 5.92 Å². The first kappa shape index (κ1) is 21.9. The summed E-state index contributed by atoms with van der Waals surface area (Å²) in [6, 6.07) is 10.1. The number of aryl methyl sites for hydroxylation is 1. The molecule has 0 spiro atoms. The van der Waals surface area contributed by atoms with Gasteiger partial charge in [-0.05, 0) is 48.9 Å². The number of rotatable bonds is 5. The lowest BCUT2D eigenvalue weighted by molar-refractivity contribution is -0.118. The summed E-state index contributed by atoms with van der Waals surface area (Å²) >= 11 is 4.91. The second-order valence-electron chi connectivity index (χ2n) is 6.94. The number of carbonyl (C=O) groups excluding carboxylic acids is 2. The lowest BCUT2D eigenvalue weighted by Gasteiger charge is -2.11. The van der Waals surface area contributed by atoms with Gasteiger partial charge in [-0.2, -0.15) is 0 Å². The predicted octanol–water partition coefficient (Wildman–Crippen LogP) is 4.24. The lowest BCUT2D eigenvalue weighted by Crippen LogP contribution is -2.20. The quantitative estimate of drug-likeness (QED) is 0.645. The molecule has 29 heavy (non-hydrogen) atoms. The van der Waals surface area contributed by atoms with E-state index < -0.39 is 9.84 Å². The second-order valence-corrected chi connectivity index (χ2v) is 11.0. The average molecular weight is 497 g/mol. The molecule has 1 heterocycles. The number of nitrogens with one attached hydrogen (secondary N) is 2. The molecular weight excluding hydrogens is 476 g/mol. The van der Waals surface area contributed by atoms with Crippen molar-refractivity contribution in [3.05, 3.63) is 46.4 Å². The van der Waals surface area contributed by atoms with Crippen LogP contribution in [0.15, 0.2) is 50.7 Å². The maximum atomic E-state index is 12.7. The number of sulfone groups is 1. The Hall–Kier alpha value is -1.84. The molecule has 3 rings (SSSR count). The van der Waals surface area contributed by atoms with E-state index in [4.69, 9.17) is 0 Å². The largest absolute Gasteiger partial charge is 0.326 e. The van der Waals surface area contributed by atoms with Gasteiger partial charge in [0, 0.05) is 33.1 Å². The molecule has 0 fully saturated rings. The van der Waals surface area contributed by atoms with Gasteiger partial charge in [0.15, 0.2) is 9.84 Å². The fourth-order valence-electron chi connectivity index (χ4n) is 2.76. The van der Waals surface area contributed by atoms with E-state index >= 15 is 0 Å². The third-order valence-corrected chi connectivity index (χ3v) is 8.48. The van der Waals surface area contributed by atoms with E-state index in [1.54, 1.807) is 12.1 Å². The minimum Gasteiger partial charge on any atom is -0.326 e. The summed E-state index contributed by atoms with van der Waals surface area (Å²) in [4.78, 5) is 25.2. The maximum Gasteiger partial charge on any atom is 0.228 e. The van der Waals surface area contributed by atoms with Gasteiger partial charge in [0.2, 0.25) is 11.8 Å². The van der Waals surface area contributed by atoms with Crippen LogP contribution in [0.25, 0.3) is 0 Å². The Morgan fingerprint density at radius 2 is 2.03 bits per heavy atom. The zero-order chi connectivity index (χ0) is 21.2. The lowest BCUT2D eigenvalue weighted by atomic mass is 10.2. The molecule has 0 bridgehead atoms. The first-order valence-electron chi connectivity index (χ1n) is 9.02. The normalized spacial score (nSPS) is 16.5. The molecule has 9 heteroatoms. The van der Waals surface area contributed by atoms with Crippen LogP contribution in [-0.2, 0) is 19.4 Å². The van der Waals surface area contributed by atoms with Crippen LogP contribution in [-0.4, -0.2) is 31.7 Å². The van der Waals surface area contributed by atoms with Gasteiger partial charge in [-0.3, -0.25) is 9.59 Å². The summed E-state index contributed by atoms with van der Waals surface area (Å²) in [5.74, 6) is -0.332. The third kappa shape index (κ3) is 5.40. The molecule has 2 aromatic rings. The SMILES string of the molecule is Cc1cc(NC(=O)CCS(=O)(=O)c2ccc3c(c2)NC(=O)[C@@H](C)CS3)ccc1Br. The number of thioether (sulfide) groups is 1. The van der Waals surface area contributed by atoms with Crippen LogP contribution in [0.3, 0.4) is 0 Å². The molecule has 154 valence electrons. The van der Waals surface area contributed by atoms with E-state index in [-0.39, 0.29) is 34.8 Å². The number of hydrogen-bond donors (Lipinski definition) is 2. The van der Waals surface area contributed by atoms with E-state index in [0.29, 0.717) is 17.1 Å². The summed E-state index contributed by atoms with van der Waals surface area (Å²) in [5, 5.41) is 5.50. The maximum absolute atomic E-state index is 12.7. The molecule has 2 N–H and O–H groups in total. The van der Waals surface area contributed by atoms with E-state index in [1.807, 2.05) is 26.0 Å². The Kier molecular flexibility index (Phi) is 6.70. The smallest absolute Gasteiger partial charge is 0.228 e. The number of benzene rings is 2. The molecule has 2 aromatic carbocycles. The van der Waals surface area contributed by atoms with Crippen molar-refractivity contribution in [2.45, 2.75) is 30.1 Å². The molecule has 1 atom stereocenters. The molecule has 0 saturated heterocycles. The highest BCUT2D eigenvalue weighted by molar-refractivity contribution is 9.10. The van der Waals surface area contributed by atoms with Gasteiger partial charge >= 0.3 is 0 Å². The van der Waals surface area contributed by atoms with Crippen LogP contribution in [0.4, 0.5) is 11.4 Å². The van der Waals surface area contributed by atoms with Gasteiger partial charge < -0.3 is 10.6 Å². The summed E-state index contributed by atoms with van der Waals surface area (Å²) in [5.41, 5.74) is 2.09. The fourth-order valence-corrected chi connectivity index (χ4v) is 5.28. The van der Waals surface area contributed by atoms with Crippen molar-refractivity contribution >= 4 is 60.7 Å². The molecule has 0 aromatic heterocycles. The first-order chi connectivity index (χ1) is 13.7. The molecule has 1 aliphatic rings. The molecule has 0 aliphatic carbocycles. The van der Waals surface area contributed by atoms with Gasteiger partial charge in [-0.15, -0.1) is 11.8 Å². The van der Waals surface area contributed by atoms with E-state index in [0.717, 1.165) is 14.9 Å². The van der Waals surface area contributed by atoms with Crippen molar-refractivity contribution < 1.29 is 18.0 Å². The molecule has 6 nitrogen and oxygen atoms in total. The zero-order valence-electron chi connectivity index (χ0n) is 16.0. The van der Waals surface area contributed by atoms with Crippen LogP contribution in [0.2, 0.25) is 0 Å². The number of amides is 2. The minimum atomic E-state index is -3.67. The van der Waals surface area contributed by atoms with E-state index in [9.17, 15) is 18.0 Å². The Bertz CT molecular complexity index is 1070. The van der Waals surface area contributed by atoms with Gasteiger partial charge in [0.05, 0.1) is 16.3 Å². The van der Waals surface area contributed by atoms with Crippen molar-refractivity contribution in [3.8, 4) is 0 Å². The zero-order valence-corrected chi connectivity index (χ0v) is 19.2. The van der Waals surface area contributed by atoms with Crippen LogP contribution < -0.4 is 10.6 Å². The molecule has 0 saturated carbocycles. The summed E-state index contributed by atoms with van der Waals surface area (Å²) in [7, 11) is -3.67. The van der Waals surface area contributed by atoms with Crippen molar-refractivity contribution in [3.63, 3.8) is 0 Å². The van der Waals surface area contributed by atoms with Gasteiger partial charge in [-0.1, -0.05) is 22.9 Å². The predicted molar refractivity (Wildman–Crippen MR) is 119 cm³/mol. The number of anilines is 2. The van der Waals surface area contributed by atoms with Crippen molar-refractivity contribution in [2.75, 3.05) is 22.1 Å². The summed E-state index contributed by atoms with van der Waals surface area (Å²) in [6.45, 7) is 3.73. The molecule has 1 aliphatic heterocycles. The molecule has 0 unspecified atom stereocenters. The Labute approximate surface area is 182 Å². The minimum absolute atomic E-state index is 0.0963. The fraction of sp³-hybridized carbons (Fsp3) is 0.300. The number of fused-ring (bicyclic) bond motifs is 1. The number of carbonyl (C=O) groups is 2. The second kappa shape index (κ2) is 8.89. The summed E-state index contributed by atoms with van der Waals surface area (Å²) < 4.78 is 26.3. The van der Waals surface area contributed by atoms with Gasteiger partial charge in [0.1, 0.15) is 0 Å². The van der Waals surface area contributed by atoms with E-state index in [1.165, 1.54) is 23.9 Å². The van der Waals surface area contributed by atoms with Crippen LogP contribution in [0.5, 0.6) is 0 Å². The Morgan fingerprint density at radius 1 is 1.28 bits per heavy atom. The topological polar surface area (TPSA) is 92.3 Å². The highest BCUT2D eigenvalue weighted by Gasteiger charge is 2.23. The molecule has 2 amide bonds. The number of halogens is 1. The Morgan fingerprint density at radius 3 is 2.76 bits per heavy atom. The third-order valence-electron chi connectivity index (χ3n) is 4.54. The number of hydrogen-bond acceptors (Lipinski definition) is 5. The standard InChI is InChI=1S/C20H21BrN2O4S2/c1-12-9-14(3-5-16(12)21)22-19(24)7-8-29(26,27)15-4-6-18-17(10-15)23-20(25)13(2)11-28-18/h3-6,9-10,13H,7-8,11H2,1-2H3,(H,22,24)(H,23,25)/t13-/m0/s1. The van der Waals surface area contributed by atoms with Crippen LogP contribution in [0, 0.1) is 12.8 Å². The van der Waals surface area contributed by atoms with Crippen molar-refractivity contribution in [1.82, 2.24) is 0 Å². The highest BCUT2D eigenvalue weighted by atomic mass is 79.9. The van der Waals surface area contributed by atoms with Gasteiger partial charge in [0.25, 0.3) is 0 Å². The van der Waals surface area contributed by atoms with Crippen LogP contribution >= 0.6 is 27.7 Å². The molecule has 0 radical (unpaired) electrons. The first-order valence-corrected chi connectivity index (χ1v) is 12.5. The van der Waals surface area contributed by atoms with Gasteiger partial charge in [-0.25, -0.2) is 8.42 Å². The van der Waals surface area contributed by atoms with Crippen LogP contribution in [0.1, 0.15) is 18.9 Å². The average Bonchev–Trinajstić information content (AvgIpc) is 2.81. The van der Waals surface area contributed by atoms with E-state index in [2.05, 4.69) is 26.6 Å². The molecular formula is C20H21BrN2O4S2.